The molecule has 0 spiro atoms. The van der Waals surface area contributed by atoms with Gasteiger partial charge >= 0.3 is 0 Å². The van der Waals surface area contributed by atoms with Gasteiger partial charge in [0, 0.05) is 6.04 Å². The highest BCUT2D eigenvalue weighted by Crippen LogP contribution is 2.27. The zero-order valence-corrected chi connectivity index (χ0v) is 10.8. The highest BCUT2D eigenvalue weighted by molar-refractivity contribution is 5.30. The second-order valence-electron chi connectivity index (χ2n) is 5.53. The standard InChI is InChI=1S/C15H22FN/c1-10-7-13(8-11(2)15(10)16)9-12-3-5-14(17)6-4-12/h7-8,12,14H,3-6,9,17H2,1-2H3. The molecule has 94 valence electrons. The maximum Gasteiger partial charge on any atom is 0.129 e. The molecule has 0 amide bonds. The maximum absolute atomic E-state index is 13.5. The van der Waals surface area contributed by atoms with Crippen molar-refractivity contribution >= 4 is 0 Å². The molecule has 1 aliphatic carbocycles. The fraction of sp³-hybridized carbons (Fsp3) is 0.600. The van der Waals surface area contributed by atoms with Crippen molar-refractivity contribution in [2.45, 2.75) is 52.0 Å². The Labute approximate surface area is 103 Å². The normalized spacial score (nSPS) is 24.9. The Balaban J connectivity index is 2.04. The van der Waals surface area contributed by atoms with Crippen LogP contribution in [0.4, 0.5) is 4.39 Å². The third-order valence-corrected chi connectivity index (χ3v) is 3.91. The minimum atomic E-state index is -0.0561. The summed E-state index contributed by atoms with van der Waals surface area (Å²) in [6.45, 7) is 3.70. The van der Waals surface area contributed by atoms with Crippen LogP contribution in [-0.2, 0) is 6.42 Å². The van der Waals surface area contributed by atoms with Crippen LogP contribution in [0.15, 0.2) is 12.1 Å². The monoisotopic (exact) mass is 235 g/mol. The van der Waals surface area contributed by atoms with Gasteiger partial charge in [-0.25, -0.2) is 4.39 Å². The van der Waals surface area contributed by atoms with Crippen LogP contribution in [0.5, 0.6) is 0 Å². The summed E-state index contributed by atoms with van der Waals surface area (Å²) in [4.78, 5) is 0. The van der Waals surface area contributed by atoms with E-state index >= 15 is 0 Å². The molecule has 0 saturated heterocycles. The molecule has 2 N–H and O–H groups in total. The van der Waals surface area contributed by atoms with E-state index in [0.29, 0.717) is 6.04 Å². The molecule has 0 unspecified atom stereocenters. The Bertz CT molecular complexity index is 369. The van der Waals surface area contributed by atoms with Crippen LogP contribution in [0.1, 0.15) is 42.4 Å². The molecule has 1 fully saturated rings. The Kier molecular flexibility index (Phi) is 3.82. The van der Waals surface area contributed by atoms with Crippen molar-refractivity contribution in [2.75, 3.05) is 0 Å². The first-order chi connectivity index (χ1) is 8.06. The molecule has 1 aromatic rings. The van der Waals surface area contributed by atoms with E-state index in [-0.39, 0.29) is 5.82 Å². The summed E-state index contributed by atoms with van der Waals surface area (Å²) in [5, 5.41) is 0. The van der Waals surface area contributed by atoms with E-state index in [1.54, 1.807) is 0 Å². The number of rotatable bonds is 2. The van der Waals surface area contributed by atoms with Crippen molar-refractivity contribution in [3.05, 3.63) is 34.6 Å². The molecular formula is C15H22FN. The van der Waals surface area contributed by atoms with E-state index in [1.807, 2.05) is 26.0 Å². The first-order valence-corrected chi connectivity index (χ1v) is 6.57. The molecule has 0 heterocycles. The molecule has 1 aliphatic rings. The van der Waals surface area contributed by atoms with Crippen LogP contribution in [0.3, 0.4) is 0 Å². The summed E-state index contributed by atoms with van der Waals surface area (Å²) in [6, 6.07) is 4.40. The molecule has 0 aromatic heterocycles. The first-order valence-electron chi connectivity index (χ1n) is 6.57. The van der Waals surface area contributed by atoms with Gasteiger partial charge in [0.15, 0.2) is 0 Å². The number of aryl methyl sites for hydroxylation is 2. The molecule has 1 nitrogen and oxygen atoms in total. The van der Waals surface area contributed by atoms with Gasteiger partial charge < -0.3 is 5.73 Å². The smallest absolute Gasteiger partial charge is 0.129 e. The molecule has 0 atom stereocenters. The number of nitrogens with two attached hydrogens (primary N) is 1. The summed E-state index contributed by atoms with van der Waals surface area (Å²) in [7, 11) is 0. The second-order valence-corrected chi connectivity index (χ2v) is 5.53. The molecule has 17 heavy (non-hydrogen) atoms. The molecule has 0 aliphatic heterocycles. The third-order valence-electron chi connectivity index (χ3n) is 3.91. The first kappa shape index (κ1) is 12.6. The molecule has 1 aromatic carbocycles. The van der Waals surface area contributed by atoms with Gasteiger partial charge in [0.1, 0.15) is 5.82 Å². The molecule has 1 saturated carbocycles. The summed E-state index contributed by atoms with van der Waals surface area (Å²) < 4.78 is 13.5. The lowest BCUT2D eigenvalue weighted by molar-refractivity contribution is 0.325. The minimum absolute atomic E-state index is 0.0561. The quantitative estimate of drug-likeness (QED) is 0.834. The number of halogens is 1. The molecule has 0 bridgehead atoms. The summed E-state index contributed by atoms with van der Waals surface area (Å²) in [5.41, 5.74) is 8.73. The van der Waals surface area contributed by atoms with Crippen molar-refractivity contribution in [1.82, 2.24) is 0 Å². The van der Waals surface area contributed by atoms with E-state index in [2.05, 4.69) is 0 Å². The lowest BCUT2D eigenvalue weighted by Crippen LogP contribution is -2.27. The van der Waals surface area contributed by atoms with Gasteiger partial charge in [0.05, 0.1) is 0 Å². The highest BCUT2D eigenvalue weighted by Gasteiger charge is 2.19. The van der Waals surface area contributed by atoms with Gasteiger partial charge in [-0.3, -0.25) is 0 Å². The fourth-order valence-electron chi connectivity index (χ4n) is 2.88. The van der Waals surface area contributed by atoms with Gasteiger partial charge in [-0.2, -0.15) is 0 Å². The Morgan fingerprint density at radius 2 is 1.65 bits per heavy atom. The molecular weight excluding hydrogens is 213 g/mol. The Morgan fingerprint density at radius 1 is 1.12 bits per heavy atom. The Morgan fingerprint density at radius 3 is 2.18 bits per heavy atom. The van der Waals surface area contributed by atoms with E-state index in [0.717, 1.165) is 36.3 Å². The lowest BCUT2D eigenvalue weighted by atomic mass is 9.82. The van der Waals surface area contributed by atoms with Gasteiger partial charge in [0.25, 0.3) is 0 Å². The van der Waals surface area contributed by atoms with Gasteiger partial charge in [-0.15, -0.1) is 0 Å². The van der Waals surface area contributed by atoms with Crippen molar-refractivity contribution in [3.63, 3.8) is 0 Å². The van der Waals surface area contributed by atoms with Crippen LogP contribution in [0.2, 0.25) is 0 Å². The maximum atomic E-state index is 13.5. The molecule has 0 radical (unpaired) electrons. The summed E-state index contributed by atoms with van der Waals surface area (Å²) >= 11 is 0. The number of benzene rings is 1. The van der Waals surface area contributed by atoms with Gasteiger partial charge in [0.2, 0.25) is 0 Å². The van der Waals surface area contributed by atoms with Crippen LogP contribution in [-0.4, -0.2) is 6.04 Å². The van der Waals surface area contributed by atoms with Crippen molar-refractivity contribution in [1.29, 1.82) is 0 Å². The van der Waals surface area contributed by atoms with Crippen LogP contribution >= 0.6 is 0 Å². The largest absolute Gasteiger partial charge is 0.328 e. The third kappa shape index (κ3) is 3.06. The van der Waals surface area contributed by atoms with Crippen molar-refractivity contribution in [3.8, 4) is 0 Å². The van der Waals surface area contributed by atoms with Crippen molar-refractivity contribution in [2.24, 2.45) is 11.7 Å². The predicted octanol–water partition coefficient (Wildman–Crippen LogP) is 3.50. The zero-order valence-electron chi connectivity index (χ0n) is 10.8. The average molecular weight is 235 g/mol. The van der Waals surface area contributed by atoms with Crippen LogP contribution in [0, 0.1) is 25.6 Å². The van der Waals surface area contributed by atoms with Gasteiger partial charge in [-0.05, 0) is 68.6 Å². The van der Waals surface area contributed by atoms with Gasteiger partial charge in [-0.1, -0.05) is 12.1 Å². The number of hydrogen-bond donors (Lipinski definition) is 1. The highest BCUT2D eigenvalue weighted by atomic mass is 19.1. The fourth-order valence-corrected chi connectivity index (χ4v) is 2.88. The van der Waals surface area contributed by atoms with E-state index in [4.69, 9.17) is 5.73 Å². The number of hydrogen-bond acceptors (Lipinski definition) is 1. The SMILES string of the molecule is Cc1cc(CC2CCC(N)CC2)cc(C)c1F. The van der Waals surface area contributed by atoms with Crippen molar-refractivity contribution < 1.29 is 4.39 Å². The molecule has 2 rings (SSSR count). The lowest BCUT2D eigenvalue weighted by Gasteiger charge is -2.26. The van der Waals surface area contributed by atoms with Crippen LogP contribution in [0.25, 0.3) is 0 Å². The zero-order chi connectivity index (χ0) is 12.4. The second kappa shape index (κ2) is 5.18. The topological polar surface area (TPSA) is 26.0 Å². The Hall–Kier alpha value is -0.890. The van der Waals surface area contributed by atoms with E-state index in [9.17, 15) is 4.39 Å². The summed E-state index contributed by atoms with van der Waals surface area (Å²) in [5.74, 6) is 0.679. The van der Waals surface area contributed by atoms with E-state index < -0.39 is 0 Å². The molecule has 2 heteroatoms. The predicted molar refractivity (Wildman–Crippen MR) is 69.5 cm³/mol. The van der Waals surface area contributed by atoms with E-state index in [1.165, 1.54) is 18.4 Å². The average Bonchev–Trinajstić information content (AvgIpc) is 2.29. The summed E-state index contributed by atoms with van der Waals surface area (Å²) in [6.07, 6.45) is 5.80. The minimum Gasteiger partial charge on any atom is -0.328 e. The van der Waals surface area contributed by atoms with Crippen LogP contribution < -0.4 is 5.73 Å².